The minimum atomic E-state index is -0.984. The van der Waals surface area contributed by atoms with E-state index in [1.54, 1.807) is 32.0 Å². The van der Waals surface area contributed by atoms with Gasteiger partial charge in [0.05, 0.1) is 33.3 Å². The normalized spacial score (nSPS) is 11.3. The molecule has 192 valence electrons. The summed E-state index contributed by atoms with van der Waals surface area (Å²) in [6.07, 6.45) is 0. The number of nitrogens with one attached hydrogen (secondary N) is 2. The third kappa shape index (κ3) is 4.17. The van der Waals surface area contributed by atoms with Gasteiger partial charge in [-0.3, -0.25) is 29.9 Å². The Morgan fingerprint density at radius 1 is 0.684 bits per heavy atom. The second-order valence-corrected chi connectivity index (χ2v) is 9.50. The van der Waals surface area contributed by atoms with Crippen LogP contribution < -0.4 is 11.1 Å². The van der Waals surface area contributed by atoms with E-state index in [-0.39, 0.29) is 33.5 Å². The van der Waals surface area contributed by atoms with Crippen LogP contribution in [0.4, 0.5) is 5.69 Å². The number of aromatic amines is 2. The van der Waals surface area contributed by atoms with Gasteiger partial charge in [0, 0.05) is 23.0 Å². The number of aryl methyl sites for hydroxylation is 4. The summed E-state index contributed by atoms with van der Waals surface area (Å²) >= 11 is 0. The van der Waals surface area contributed by atoms with Gasteiger partial charge in [-0.2, -0.15) is 0 Å². The van der Waals surface area contributed by atoms with E-state index in [1.165, 1.54) is 15.4 Å². The van der Waals surface area contributed by atoms with Crippen LogP contribution in [0.25, 0.3) is 11.4 Å². The lowest BCUT2D eigenvalue weighted by atomic mass is 9.84. The molecule has 0 unspecified atom stereocenters. The molecule has 0 spiro atoms. The zero-order valence-electron chi connectivity index (χ0n) is 21.5. The average molecular weight is 510 g/mol. The molecule has 9 heteroatoms. The van der Waals surface area contributed by atoms with Gasteiger partial charge >= 0.3 is 0 Å². The number of nitro benzene ring substituents is 1. The van der Waals surface area contributed by atoms with Crippen LogP contribution in [-0.2, 0) is 0 Å². The maximum absolute atomic E-state index is 13.9. The third-order valence-electron chi connectivity index (χ3n) is 6.84. The largest absolute Gasteiger partial charge is 0.295 e. The summed E-state index contributed by atoms with van der Waals surface area (Å²) in [6.45, 7) is 7.39. The fourth-order valence-electron chi connectivity index (χ4n) is 4.90. The Bertz CT molecular complexity index is 1670. The summed E-state index contributed by atoms with van der Waals surface area (Å²) in [6, 6.07) is 21.1. The highest BCUT2D eigenvalue weighted by molar-refractivity contribution is 5.54. The molecule has 3 aromatic carbocycles. The van der Waals surface area contributed by atoms with Gasteiger partial charge in [-0.1, -0.05) is 53.6 Å². The average Bonchev–Trinajstić information content (AvgIpc) is 3.36. The van der Waals surface area contributed by atoms with Crippen molar-refractivity contribution in [2.24, 2.45) is 0 Å². The van der Waals surface area contributed by atoms with E-state index in [9.17, 15) is 19.7 Å². The molecule has 2 heterocycles. The monoisotopic (exact) mass is 509 g/mol. The molecule has 0 aliphatic heterocycles. The van der Waals surface area contributed by atoms with Gasteiger partial charge in [0.25, 0.3) is 16.8 Å². The molecule has 5 rings (SSSR count). The number of para-hydroxylation sites is 1. The molecule has 38 heavy (non-hydrogen) atoms. The fraction of sp³-hybridized carbons (Fsp3) is 0.172. The Labute approximate surface area is 218 Å². The molecule has 0 aliphatic rings. The zero-order valence-corrected chi connectivity index (χ0v) is 21.5. The number of hydrogen-bond donors (Lipinski definition) is 2. The summed E-state index contributed by atoms with van der Waals surface area (Å²) in [5.74, 6) is -0.984. The van der Waals surface area contributed by atoms with Gasteiger partial charge in [0.1, 0.15) is 0 Å². The number of rotatable bonds is 6. The van der Waals surface area contributed by atoms with Crippen molar-refractivity contribution in [2.45, 2.75) is 33.6 Å². The minimum absolute atomic E-state index is 0.165. The maximum Gasteiger partial charge on any atom is 0.275 e. The number of nitrogens with zero attached hydrogens (tertiary/aromatic N) is 3. The maximum atomic E-state index is 13.9. The van der Waals surface area contributed by atoms with Crippen LogP contribution >= 0.6 is 0 Å². The molecule has 0 fully saturated rings. The van der Waals surface area contributed by atoms with Gasteiger partial charge in [0.2, 0.25) is 0 Å². The second kappa shape index (κ2) is 9.51. The Hall–Kier alpha value is -4.92. The molecular weight excluding hydrogens is 482 g/mol. The topological polar surface area (TPSA) is 119 Å². The van der Waals surface area contributed by atoms with Gasteiger partial charge in [-0.05, 0) is 52.0 Å². The first kappa shape index (κ1) is 24.8. The van der Waals surface area contributed by atoms with Crippen molar-refractivity contribution < 1.29 is 4.92 Å². The van der Waals surface area contributed by atoms with Gasteiger partial charge in [-0.15, -0.1) is 0 Å². The molecule has 2 aromatic heterocycles. The van der Waals surface area contributed by atoms with Crippen LogP contribution in [-0.4, -0.2) is 24.5 Å². The second-order valence-electron chi connectivity index (χ2n) is 9.50. The summed E-state index contributed by atoms with van der Waals surface area (Å²) in [5, 5.41) is 18.3. The first-order valence-electron chi connectivity index (χ1n) is 12.2. The lowest BCUT2D eigenvalue weighted by Crippen LogP contribution is -2.25. The number of nitro groups is 1. The van der Waals surface area contributed by atoms with Crippen molar-refractivity contribution in [3.8, 4) is 11.4 Å². The van der Waals surface area contributed by atoms with E-state index in [0.717, 1.165) is 11.1 Å². The first-order valence-corrected chi connectivity index (χ1v) is 12.2. The summed E-state index contributed by atoms with van der Waals surface area (Å²) in [4.78, 5) is 39.4. The number of hydrogen-bond acceptors (Lipinski definition) is 4. The van der Waals surface area contributed by atoms with E-state index in [2.05, 4.69) is 10.2 Å². The number of benzene rings is 3. The molecule has 0 aliphatic carbocycles. The van der Waals surface area contributed by atoms with Crippen LogP contribution in [0.1, 0.15) is 45.1 Å². The Morgan fingerprint density at radius 3 is 1.53 bits per heavy atom. The fourth-order valence-corrected chi connectivity index (χ4v) is 4.90. The summed E-state index contributed by atoms with van der Waals surface area (Å²) in [5.41, 5.74) is 4.26. The van der Waals surface area contributed by atoms with Crippen molar-refractivity contribution in [2.75, 3.05) is 0 Å². The van der Waals surface area contributed by atoms with Crippen molar-refractivity contribution in [1.82, 2.24) is 19.6 Å². The highest BCUT2D eigenvalue weighted by Gasteiger charge is 2.34. The lowest BCUT2D eigenvalue weighted by molar-refractivity contribution is -0.385. The van der Waals surface area contributed by atoms with E-state index in [1.807, 2.05) is 62.4 Å². The predicted octanol–water partition coefficient (Wildman–Crippen LogP) is 4.97. The Kier molecular flexibility index (Phi) is 6.20. The van der Waals surface area contributed by atoms with Gasteiger partial charge in [0.15, 0.2) is 0 Å². The van der Waals surface area contributed by atoms with Crippen molar-refractivity contribution >= 4 is 5.69 Å². The lowest BCUT2D eigenvalue weighted by Gasteiger charge is -2.16. The van der Waals surface area contributed by atoms with Crippen LogP contribution in [0, 0.1) is 37.8 Å². The third-order valence-corrected chi connectivity index (χ3v) is 6.84. The van der Waals surface area contributed by atoms with E-state index in [0.29, 0.717) is 22.8 Å². The van der Waals surface area contributed by atoms with Crippen LogP contribution in [0.3, 0.4) is 0 Å². The van der Waals surface area contributed by atoms with Gasteiger partial charge < -0.3 is 0 Å². The molecule has 0 amide bonds. The molecule has 5 aromatic rings. The first-order chi connectivity index (χ1) is 18.2. The van der Waals surface area contributed by atoms with Crippen molar-refractivity contribution in [3.63, 3.8) is 0 Å². The van der Waals surface area contributed by atoms with E-state index < -0.39 is 10.8 Å². The number of aromatic nitrogens is 4. The molecule has 0 radical (unpaired) electrons. The summed E-state index contributed by atoms with van der Waals surface area (Å²) in [7, 11) is 0. The van der Waals surface area contributed by atoms with Crippen molar-refractivity contribution in [1.29, 1.82) is 0 Å². The van der Waals surface area contributed by atoms with Crippen LogP contribution in [0.5, 0.6) is 0 Å². The molecule has 0 atom stereocenters. The van der Waals surface area contributed by atoms with Crippen LogP contribution in [0.15, 0.2) is 82.4 Å². The zero-order chi connectivity index (χ0) is 27.1. The highest BCUT2D eigenvalue weighted by Crippen LogP contribution is 2.37. The predicted molar refractivity (Wildman–Crippen MR) is 146 cm³/mol. The van der Waals surface area contributed by atoms with Crippen molar-refractivity contribution in [3.05, 3.63) is 143 Å². The molecule has 9 nitrogen and oxygen atoms in total. The minimum Gasteiger partial charge on any atom is -0.295 e. The summed E-state index contributed by atoms with van der Waals surface area (Å²) < 4.78 is 2.82. The standard InChI is InChI=1S/C29H27N5O4/c1-17-9-13-21(14-10-17)32-28(35)25(19(3)30-32)27(23-7-5-6-8-24(23)34(37)38)26-20(4)31-33(29(26)36)22-15-11-18(2)12-16-22/h5-16,27,30-31H,1-4H3. The molecular formula is C29H27N5O4. The quantitative estimate of drug-likeness (QED) is 0.248. The Morgan fingerprint density at radius 2 is 1.11 bits per heavy atom. The molecule has 0 bridgehead atoms. The number of H-pyrrole nitrogens is 2. The van der Waals surface area contributed by atoms with E-state index in [4.69, 9.17) is 0 Å². The smallest absolute Gasteiger partial charge is 0.275 e. The Balaban J connectivity index is 1.80. The SMILES string of the molecule is Cc1ccc(-n2[nH]c(C)c(C(c3ccccc3[N+](=O)[O-])c3c(C)[nH]n(-c4ccc(C)cc4)c3=O)c2=O)cc1. The highest BCUT2D eigenvalue weighted by atomic mass is 16.6. The van der Waals surface area contributed by atoms with Crippen LogP contribution in [0.2, 0.25) is 0 Å². The van der Waals surface area contributed by atoms with Gasteiger partial charge in [-0.25, -0.2) is 9.36 Å². The molecule has 0 saturated carbocycles. The molecule has 0 saturated heterocycles. The molecule has 2 N–H and O–H groups in total. The van der Waals surface area contributed by atoms with E-state index >= 15 is 0 Å².